The van der Waals surface area contributed by atoms with E-state index in [1.165, 1.54) is 24.3 Å². The number of aromatic nitrogens is 8. The summed E-state index contributed by atoms with van der Waals surface area (Å²) < 4.78 is 42.1. The number of nitrogens with two attached hydrogens (primary N) is 2. The van der Waals surface area contributed by atoms with Gasteiger partial charge in [0.15, 0.2) is 53.4 Å². The molecule has 0 radical (unpaired) electrons. The minimum atomic E-state index is -4.74. The summed E-state index contributed by atoms with van der Waals surface area (Å²) in [4.78, 5) is 44.7. The van der Waals surface area contributed by atoms with Crippen LogP contribution in [-0.2, 0) is 28.0 Å². The van der Waals surface area contributed by atoms with E-state index in [0.29, 0.717) is 0 Å². The summed E-state index contributed by atoms with van der Waals surface area (Å²) in [5, 5.41) is 31.9. The molecule has 1 fully saturated rings. The van der Waals surface area contributed by atoms with Gasteiger partial charge in [-0.25, -0.2) is 24.5 Å². The molecule has 224 valence electrons. The third kappa shape index (κ3) is 4.62. The molecule has 0 saturated carbocycles. The molecule has 0 aliphatic carbocycles. The Bertz CT molecular complexity index is 1810. The summed E-state index contributed by atoms with van der Waals surface area (Å²) in [6.07, 6.45) is -6.64. The number of nitrogens with zero attached hydrogens (tertiary/aromatic N) is 7. The van der Waals surface area contributed by atoms with Crippen LogP contribution in [0.4, 0.5) is 11.8 Å². The van der Waals surface area contributed by atoms with Crippen LogP contribution in [0.3, 0.4) is 0 Å². The normalized spacial score (nSPS) is 27.6. The Morgan fingerprint density at radius 2 is 1.86 bits per heavy atom. The van der Waals surface area contributed by atoms with Crippen LogP contribution in [-0.4, -0.2) is 104 Å². The van der Waals surface area contributed by atoms with Crippen molar-refractivity contribution < 1.29 is 48.2 Å². The van der Waals surface area contributed by atoms with Crippen LogP contribution < -0.4 is 17.0 Å². The van der Waals surface area contributed by atoms with Gasteiger partial charge in [0.1, 0.15) is 30.4 Å². The van der Waals surface area contributed by atoms with Gasteiger partial charge >= 0.3 is 7.60 Å². The Morgan fingerprint density at radius 1 is 1.10 bits per heavy atom. The zero-order chi connectivity index (χ0) is 29.9. The molecular formula is C20H23N10O11P. The average Bonchev–Trinajstić information content (AvgIpc) is 3.69. The fraction of sp³-hybridized carbons (Fsp3) is 0.400. The van der Waals surface area contributed by atoms with Crippen LogP contribution in [0.25, 0.3) is 28.2 Å². The number of aliphatic hydroxyl groups excluding tert-OH is 3. The van der Waals surface area contributed by atoms with Crippen molar-refractivity contribution in [1.29, 1.82) is 0 Å². The number of anilines is 2. The van der Waals surface area contributed by atoms with Crippen molar-refractivity contribution >= 4 is 47.6 Å². The summed E-state index contributed by atoms with van der Waals surface area (Å²) in [7, 11) is -3.56. The SMILES string of the molecule is CO[C@H]1OC(n2cnc3c(=O)[nH]c(N)nc32)=C(O)C1OP(=O)(O)CO[C@H]1O[C@@H](n2cnc3c(N)ncnc32)C(O)C1O. The number of fused-ring (bicyclic) bond motifs is 2. The molecule has 4 aromatic heterocycles. The number of methoxy groups -OCH3 is 1. The Hall–Kier alpha value is -4.21. The molecule has 1 saturated heterocycles. The lowest BCUT2D eigenvalue weighted by Crippen LogP contribution is -2.33. The molecule has 9 N–H and O–H groups in total. The van der Waals surface area contributed by atoms with Gasteiger partial charge in [-0.2, -0.15) is 4.98 Å². The predicted octanol–water partition coefficient (Wildman–Crippen LogP) is -2.07. The number of imidazole rings is 2. The lowest BCUT2D eigenvalue weighted by molar-refractivity contribution is -0.169. The van der Waals surface area contributed by atoms with Gasteiger partial charge in [-0.3, -0.25) is 23.4 Å². The maximum Gasteiger partial charge on any atom is 0.354 e. The molecule has 22 heteroatoms. The highest BCUT2D eigenvalue weighted by atomic mass is 31.2. The maximum atomic E-state index is 13.0. The van der Waals surface area contributed by atoms with E-state index in [0.717, 1.165) is 10.9 Å². The van der Waals surface area contributed by atoms with Crippen molar-refractivity contribution in [2.24, 2.45) is 0 Å². The van der Waals surface area contributed by atoms with Crippen LogP contribution >= 0.6 is 7.60 Å². The largest absolute Gasteiger partial charge is 0.505 e. The molecule has 6 heterocycles. The fourth-order valence-electron chi connectivity index (χ4n) is 4.44. The Kier molecular flexibility index (Phi) is 6.82. The van der Waals surface area contributed by atoms with Gasteiger partial charge in [0.25, 0.3) is 5.56 Å². The van der Waals surface area contributed by atoms with Crippen LogP contribution in [0.15, 0.2) is 29.5 Å². The molecule has 2 aliphatic rings. The van der Waals surface area contributed by atoms with E-state index in [4.69, 9.17) is 34.9 Å². The predicted molar refractivity (Wildman–Crippen MR) is 137 cm³/mol. The molecule has 6 rings (SSSR count). The van der Waals surface area contributed by atoms with Crippen molar-refractivity contribution in [2.75, 3.05) is 24.9 Å². The number of aromatic amines is 1. The van der Waals surface area contributed by atoms with Crippen molar-refractivity contribution in [1.82, 2.24) is 39.0 Å². The Balaban J connectivity index is 1.18. The van der Waals surface area contributed by atoms with E-state index in [1.807, 2.05) is 0 Å². The second-order valence-corrected chi connectivity index (χ2v) is 10.8. The standard InChI is InChI=1S/C20H23N10O11P/c1-37-19-11(10(33)17(40-19)30-4-26-7-14(30)27-20(22)28-15(7)34)41-42(35,36)5-38-18-9(32)8(31)16(39-18)29-3-25-6-12(21)23-2-24-13(6)29/h2-4,8-9,11,16,18-19,31-33H,5H2,1H3,(H,35,36)(H2,21,23,24)(H3,22,27,28,34)/t8?,9?,11?,16-,18+,19+/m1/s1. The van der Waals surface area contributed by atoms with E-state index < -0.39 is 62.4 Å². The molecule has 0 amide bonds. The van der Waals surface area contributed by atoms with Crippen LogP contribution in [0.5, 0.6) is 0 Å². The number of ether oxygens (including phenoxy) is 4. The first-order valence-corrected chi connectivity index (χ1v) is 13.7. The molecule has 4 aromatic rings. The average molecular weight is 610 g/mol. The molecule has 0 aromatic carbocycles. The number of nitrogens with one attached hydrogen (secondary N) is 1. The number of hydrogen-bond acceptors (Lipinski definition) is 17. The van der Waals surface area contributed by atoms with E-state index in [-0.39, 0.29) is 40.0 Å². The highest BCUT2D eigenvalue weighted by Gasteiger charge is 2.48. The van der Waals surface area contributed by atoms with Gasteiger partial charge in [0, 0.05) is 7.11 Å². The Labute approximate surface area is 232 Å². The highest BCUT2D eigenvalue weighted by Crippen LogP contribution is 2.48. The van der Waals surface area contributed by atoms with Gasteiger partial charge in [-0.05, 0) is 0 Å². The van der Waals surface area contributed by atoms with Crippen LogP contribution in [0.2, 0.25) is 0 Å². The van der Waals surface area contributed by atoms with Gasteiger partial charge in [0.2, 0.25) is 18.1 Å². The summed E-state index contributed by atoms with van der Waals surface area (Å²) in [5.74, 6) is -1.20. The molecule has 42 heavy (non-hydrogen) atoms. The second-order valence-electron chi connectivity index (χ2n) is 9.07. The number of rotatable bonds is 8. The first-order valence-electron chi connectivity index (χ1n) is 11.9. The summed E-state index contributed by atoms with van der Waals surface area (Å²) in [6, 6.07) is 0. The monoisotopic (exact) mass is 610 g/mol. The van der Waals surface area contributed by atoms with Crippen LogP contribution in [0, 0.1) is 0 Å². The second kappa shape index (κ2) is 10.3. The topological polar surface area (TPSA) is 303 Å². The minimum absolute atomic E-state index is 0.0795. The zero-order valence-electron chi connectivity index (χ0n) is 21.3. The number of hydrogen-bond donors (Lipinski definition) is 7. The molecule has 21 nitrogen and oxygen atoms in total. The van der Waals surface area contributed by atoms with Gasteiger partial charge in [0.05, 0.1) is 6.33 Å². The third-order valence-corrected chi connectivity index (χ3v) is 7.41. The molecule has 0 spiro atoms. The fourth-order valence-corrected chi connectivity index (χ4v) is 5.39. The number of H-pyrrole nitrogens is 1. The number of nitrogen functional groups attached to an aromatic ring is 2. The molecule has 0 bridgehead atoms. The highest BCUT2D eigenvalue weighted by molar-refractivity contribution is 7.52. The van der Waals surface area contributed by atoms with Crippen LogP contribution in [0.1, 0.15) is 6.23 Å². The van der Waals surface area contributed by atoms with E-state index in [2.05, 4.69) is 29.9 Å². The molecule has 7 atom stereocenters. The van der Waals surface area contributed by atoms with Gasteiger partial charge < -0.3 is 50.6 Å². The number of aliphatic hydroxyl groups is 3. The molecule has 4 unspecified atom stereocenters. The lowest BCUT2D eigenvalue weighted by Gasteiger charge is -2.22. The maximum absolute atomic E-state index is 13.0. The first-order chi connectivity index (χ1) is 20.0. The summed E-state index contributed by atoms with van der Waals surface area (Å²) >= 11 is 0. The van der Waals surface area contributed by atoms with Crippen molar-refractivity contribution in [3.05, 3.63) is 35.1 Å². The van der Waals surface area contributed by atoms with Crippen molar-refractivity contribution in [3.8, 4) is 0 Å². The summed E-state index contributed by atoms with van der Waals surface area (Å²) in [6.45, 7) is 0. The van der Waals surface area contributed by atoms with Gasteiger partial charge in [-0.15, -0.1) is 0 Å². The first kappa shape index (κ1) is 27.9. The third-order valence-electron chi connectivity index (χ3n) is 6.38. The minimum Gasteiger partial charge on any atom is -0.505 e. The zero-order valence-corrected chi connectivity index (χ0v) is 22.2. The summed E-state index contributed by atoms with van der Waals surface area (Å²) in [5.41, 5.74) is 11.0. The Morgan fingerprint density at radius 3 is 2.62 bits per heavy atom. The van der Waals surface area contributed by atoms with Gasteiger partial charge in [-0.1, -0.05) is 0 Å². The molecular weight excluding hydrogens is 587 g/mol. The van der Waals surface area contributed by atoms with Crippen molar-refractivity contribution in [2.45, 2.75) is 37.1 Å². The lowest BCUT2D eigenvalue weighted by atomic mass is 10.2. The van der Waals surface area contributed by atoms with E-state index >= 15 is 0 Å². The van der Waals surface area contributed by atoms with E-state index in [9.17, 15) is 29.6 Å². The quantitative estimate of drug-likeness (QED) is 0.105. The van der Waals surface area contributed by atoms with Crippen molar-refractivity contribution in [3.63, 3.8) is 0 Å². The smallest absolute Gasteiger partial charge is 0.354 e. The van der Waals surface area contributed by atoms with E-state index in [1.54, 1.807) is 0 Å². The molecule has 2 aliphatic heterocycles.